The number of benzene rings is 2. The molecule has 1 aliphatic carbocycles. The summed E-state index contributed by atoms with van der Waals surface area (Å²) in [7, 11) is 0. The lowest BCUT2D eigenvalue weighted by atomic mass is 9.92. The van der Waals surface area contributed by atoms with Gasteiger partial charge in [0.2, 0.25) is 5.91 Å². The number of hydrogen-bond donors (Lipinski definition) is 0. The van der Waals surface area contributed by atoms with Gasteiger partial charge in [0.25, 0.3) is 5.91 Å². The van der Waals surface area contributed by atoms with E-state index < -0.39 is 5.82 Å². The molecule has 0 spiro atoms. The minimum absolute atomic E-state index is 0.122. The van der Waals surface area contributed by atoms with E-state index in [9.17, 15) is 14.0 Å². The monoisotopic (exact) mass is 449 g/mol. The number of hydrogen-bond acceptors (Lipinski definition) is 3. The average Bonchev–Trinajstić information content (AvgIpc) is 3.38. The first kappa shape index (κ1) is 22.1. The molecule has 5 rings (SSSR count). The third-order valence-corrected chi connectivity index (χ3v) is 7.64. The van der Waals surface area contributed by atoms with Gasteiger partial charge < -0.3 is 9.80 Å². The predicted molar refractivity (Wildman–Crippen MR) is 125 cm³/mol. The first-order chi connectivity index (χ1) is 16.1. The van der Waals surface area contributed by atoms with E-state index in [1.165, 1.54) is 30.0 Å². The molecule has 0 bridgehead atoms. The molecule has 2 aliphatic heterocycles. The van der Waals surface area contributed by atoms with E-state index in [-0.39, 0.29) is 23.4 Å². The van der Waals surface area contributed by atoms with Crippen LogP contribution in [0.3, 0.4) is 0 Å². The highest BCUT2D eigenvalue weighted by Gasteiger charge is 2.40. The fraction of sp³-hybridized carbons (Fsp3) is 0.481. The summed E-state index contributed by atoms with van der Waals surface area (Å²) in [5.74, 6) is -0.118. The van der Waals surface area contributed by atoms with Gasteiger partial charge in [-0.05, 0) is 48.4 Å². The highest BCUT2D eigenvalue weighted by atomic mass is 19.1. The summed E-state index contributed by atoms with van der Waals surface area (Å²) in [6.07, 6.45) is 5.46. The van der Waals surface area contributed by atoms with Crippen molar-refractivity contribution < 1.29 is 14.0 Å². The van der Waals surface area contributed by atoms with Gasteiger partial charge in [-0.3, -0.25) is 14.5 Å². The van der Waals surface area contributed by atoms with E-state index in [1.807, 2.05) is 11.0 Å². The Balaban J connectivity index is 1.28. The van der Waals surface area contributed by atoms with Gasteiger partial charge in [0, 0.05) is 39.3 Å². The van der Waals surface area contributed by atoms with Crippen molar-refractivity contribution in [3.05, 3.63) is 71.0 Å². The summed E-state index contributed by atoms with van der Waals surface area (Å²) >= 11 is 0. The number of carbonyl (C=O) groups is 2. The van der Waals surface area contributed by atoms with Crippen molar-refractivity contribution in [3.8, 4) is 0 Å². The van der Waals surface area contributed by atoms with Crippen LogP contribution in [0.2, 0.25) is 0 Å². The number of halogens is 1. The van der Waals surface area contributed by atoms with Crippen LogP contribution in [0.4, 0.5) is 4.39 Å². The van der Waals surface area contributed by atoms with Crippen LogP contribution in [0.1, 0.15) is 47.2 Å². The zero-order chi connectivity index (χ0) is 22.8. The molecule has 2 aromatic rings. The molecule has 5 nitrogen and oxygen atoms in total. The fourth-order valence-electron chi connectivity index (χ4n) is 5.81. The highest BCUT2D eigenvalue weighted by molar-refractivity contribution is 5.94. The topological polar surface area (TPSA) is 43.9 Å². The molecule has 1 unspecified atom stereocenters. The van der Waals surface area contributed by atoms with Crippen molar-refractivity contribution in [2.45, 2.75) is 44.7 Å². The smallest absolute Gasteiger partial charge is 0.256 e. The number of piperazine rings is 1. The van der Waals surface area contributed by atoms with Gasteiger partial charge in [0.05, 0.1) is 11.6 Å². The van der Waals surface area contributed by atoms with Crippen LogP contribution >= 0.6 is 0 Å². The van der Waals surface area contributed by atoms with E-state index in [2.05, 4.69) is 23.1 Å². The number of carbonyl (C=O) groups excluding carboxylic acids is 2. The zero-order valence-electron chi connectivity index (χ0n) is 19.1. The molecule has 1 saturated carbocycles. The molecule has 0 radical (unpaired) electrons. The summed E-state index contributed by atoms with van der Waals surface area (Å²) < 4.78 is 14.1. The van der Waals surface area contributed by atoms with Crippen LogP contribution in [0, 0.1) is 11.7 Å². The van der Waals surface area contributed by atoms with Crippen molar-refractivity contribution in [2.24, 2.45) is 5.92 Å². The molecule has 0 N–H and O–H groups in total. The molecule has 2 heterocycles. The van der Waals surface area contributed by atoms with Crippen LogP contribution in [0.5, 0.6) is 0 Å². The van der Waals surface area contributed by atoms with Crippen molar-refractivity contribution in [3.63, 3.8) is 0 Å². The normalized spacial score (nSPS) is 20.5. The Bertz CT molecular complexity index is 1010. The second-order valence-electron chi connectivity index (χ2n) is 9.58. The Kier molecular flexibility index (Phi) is 6.45. The van der Waals surface area contributed by atoms with Crippen LogP contribution in [-0.4, -0.2) is 65.3 Å². The van der Waals surface area contributed by atoms with Gasteiger partial charge in [-0.2, -0.15) is 0 Å². The number of nitrogens with zero attached hydrogens (tertiary/aromatic N) is 3. The second kappa shape index (κ2) is 9.64. The van der Waals surface area contributed by atoms with E-state index >= 15 is 0 Å². The van der Waals surface area contributed by atoms with Gasteiger partial charge in [0.1, 0.15) is 5.82 Å². The molecule has 1 saturated heterocycles. The Hall–Kier alpha value is -2.73. The van der Waals surface area contributed by atoms with Gasteiger partial charge in [-0.1, -0.05) is 49.2 Å². The molecule has 3 aliphatic rings. The molecular formula is C27H32FN3O2. The largest absolute Gasteiger partial charge is 0.337 e. The third kappa shape index (κ3) is 4.54. The number of fused-ring (bicyclic) bond motifs is 1. The van der Waals surface area contributed by atoms with Crippen LogP contribution in [0.25, 0.3) is 0 Å². The van der Waals surface area contributed by atoms with E-state index in [0.29, 0.717) is 38.6 Å². The lowest BCUT2D eigenvalue weighted by Gasteiger charge is -2.43. The third-order valence-electron chi connectivity index (χ3n) is 7.64. The van der Waals surface area contributed by atoms with Crippen LogP contribution < -0.4 is 0 Å². The van der Waals surface area contributed by atoms with E-state index in [0.717, 1.165) is 25.8 Å². The summed E-state index contributed by atoms with van der Waals surface area (Å²) in [5.41, 5.74) is 2.73. The van der Waals surface area contributed by atoms with Crippen LogP contribution in [-0.2, 0) is 17.8 Å². The number of amides is 2. The Morgan fingerprint density at radius 3 is 2.21 bits per heavy atom. The first-order valence-corrected chi connectivity index (χ1v) is 12.3. The number of rotatable bonds is 4. The molecular weight excluding hydrogens is 417 g/mol. The van der Waals surface area contributed by atoms with Crippen molar-refractivity contribution in [1.82, 2.24) is 14.7 Å². The Labute approximate surface area is 195 Å². The zero-order valence-corrected chi connectivity index (χ0v) is 19.1. The van der Waals surface area contributed by atoms with Crippen LogP contribution in [0.15, 0.2) is 48.5 Å². The molecule has 6 heteroatoms. The van der Waals surface area contributed by atoms with Crippen molar-refractivity contribution in [2.75, 3.05) is 32.7 Å². The van der Waals surface area contributed by atoms with E-state index in [4.69, 9.17) is 0 Å². The van der Waals surface area contributed by atoms with Crippen molar-refractivity contribution in [1.29, 1.82) is 0 Å². The Morgan fingerprint density at radius 1 is 0.818 bits per heavy atom. The molecule has 2 amide bonds. The average molecular weight is 450 g/mol. The van der Waals surface area contributed by atoms with E-state index in [1.54, 1.807) is 23.1 Å². The minimum Gasteiger partial charge on any atom is -0.337 e. The summed E-state index contributed by atoms with van der Waals surface area (Å²) in [4.78, 5) is 32.7. The predicted octanol–water partition coefficient (Wildman–Crippen LogP) is 3.73. The SMILES string of the molecule is O=C(c1ccccc1F)N1CCN(C(C(=O)N2CCc3ccccc3C2)C2CCCC2)CC1. The maximum absolute atomic E-state index is 14.1. The highest BCUT2D eigenvalue weighted by Crippen LogP contribution is 2.33. The molecule has 174 valence electrons. The van der Waals surface area contributed by atoms with Crippen molar-refractivity contribution >= 4 is 11.8 Å². The minimum atomic E-state index is -0.477. The van der Waals surface area contributed by atoms with Gasteiger partial charge >= 0.3 is 0 Å². The van der Waals surface area contributed by atoms with Gasteiger partial charge in [-0.25, -0.2) is 4.39 Å². The molecule has 0 aromatic heterocycles. The summed E-state index contributed by atoms with van der Waals surface area (Å²) in [5, 5.41) is 0. The molecule has 33 heavy (non-hydrogen) atoms. The first-order valence-electron chi connectivity index (χ1n) is 12.3. The quantitative estimate of drug-likeness (QED) is 0.715. The van der Waals surface area contributed by atoms with Gasteiger partial charge in [-0.15, -0.1) is 0 Å². The standard InChI is InChI=1S/C27H32FN3O2/c28-24-12-6-5-11-23(24)26(32)30-17-15-29(16-18-30)25(21-8-2-3-9-21)27(33)31-14-13-20-7-1-4-10-22(20)19-31/h1,4-7,10-12,21,25H,2-3,8-9,13-19H2. The fourth-order valence-corrected chi connectivity index (χ4v) is 5.81. The summed E-state index contributed by atoms with van der Waals surface area (Å²) in [6.45, 7) is 3.79. The molecule has 2 fully saturated rings. The maximum Gasteiger partial charge on any atom is 0.256 e. The lowest BCUT2D eigenvalue weighted by molar-refractivity contribution is -0.141. The Morgan fingerprint density at radius 2 is 1.48 bits per heavy atom. The molecule has 2 aromatic carbocycles. The maximum atomic E-state index is 14.1. The molecule has 1 atom stereocenters. The summed E-state index contributed by atoms with van der Waals surface area (Å²) in [6, 6.07) is 14.5. The van der Waals surface area contributed by atoms with Gasteiger partial charge in [0.15, 0.2) is 0 Å². The lowest BCUT2D eigenvalue weighted by Crippen LogP contribution is -2.58. The second-order valence-corrected chi connectivity index (χ2v) is 9.58.